The van der Waals surface area contributed by atoms with Gasteiger partial charge in [-0.2, -0.15) is 4.98 Å². The molecule has 0 aliphatic carbocycles. The van der Waals surface area contributed by atoms with Crippen LogP contribution < -0.4 is 14.4 Å². The topological polar surface area (TPSA) is 77.7 Å². The van der Waals surface area contributed by atoms with Crippen molar-refractivity contribution in [1.82, 2.24) is 10.1 Å². The molecule has 7 nitrogen and oxygen atoms in total. The van der Waals surface area contributed by atoms with Gasteiger partial charge in [0, 0.05) is 30.1 Å². The molecular formula is C20H18FN3O4. The lowest BCUT2D eigenvalue weighted by Gasteiger charge is -2.15. The monoisotopic (exact) mass is 383 g/mol. The Hall–Kier alpha value is -3.42. The van der Waals surface area contributed by atoms with E-state index in [0.717, 1.165) is 0 Å². The van der Waals surface area contributed by atoms with Crippen LogP contribution in [0.3, 0.4) is 0 Å². The van der Waals surface area contributed by atoms with E-state index in [1.54, 1.807) is 49.5 Å². The van der Waals surface area contributed by atoms with Crippen molar-refractivity contribution < 1.29 is 23.2 Å². The van der Waals surface area contributed by atoms with Gasteiger partial charge in [0.2, 0.25) is 5.91 Å². The minimum Gasteiger partial charge on any atom is -0.493 e. The number of aromatic nitrogens is 2. The number of ether oxygens (including phenoxy) is 2. The first kappa shape index (κ1) is 18.0. The molecule has 0 spiro atoms. The van der Waals surface area contributed by atoms with Gasteiger partial charge in [-0.25, -0.2) is 4.39 Å². The summed E-state index contributed by atoms with van der Waals surface area (Å²) in [6.45, 7) is 0.412. The molecule has 8 heteroatoms. The number of methoxy groups -OCH3 is 2. The van der Waals surface area contributed by atoms with Gasteiger partial charge in [-0.15, -0.1) is 0 Å². The summed E-state index contributed by atoms with van der Waals surface area (Å²) in [6.07, 6.45) is 0.266. The van der Waals surface area contributed by atoms with Crippen LogP contribution >= 0.6 is 0 Å². The van der Waals surface area contributed by atoms with Crippen LogP contribution in [0.25, 0.3) is 11.5 Å². The molecular weight excluding hydrogens is 365 g/mol. The number of anilines is 1. The largest absolute Gasteiger partial charge is 0.493 e. The fourth-order valence-electron chi connectivity index (χ4n) is 3.24. The number of halogens is 1. The zero-order valence-corrected chi connectivity index (χ0v) is 15.4. The van der Waals surface area contributed by atoms with Gasteiger partial charge < -0.3 is 18.9 Å². The van der Waals surface area contributed by atoms with E-state index in [1.807, 2.05) is 0 Å². The standard InChI is InChI=1S/C20H18FN3O4/c1-26-16-8-3-12(9-17(16)27-2)20-22-19(23-28-20)13-10-18(25)24(11-13)15-6-4-14(21)5-7-15/h3-9,13H,10-11H2,1-2H3/t13-/m1/s1. The van der Waals surface area contributed by atoms with Crippen molar-refractivity contribution in [1.29, 1.82) is 0 Å². The Morgan fingerprint density at radius 2 is 1.86 bits per heavy atom. The van der Waals surface area contributed by atoms with Crippen molar-refractivity contribution >= 4 is 11.6 Å². The van der Waals surface area contributed by atoms with Crippen molar-refractivity contribution in [2.24, 2.45) is 0 Å². The molecule has 3 aromatic rings. The first-order valence-electron chi connectivity index (χ1n) is 8.71. The maximum Gasteiger partial charge on any atom is 0.258 e. The molecule has 0 N–H and O–H groups in total. The maximum atomic E-state index is 13.1. The highest BCUT2D eigenvalue weighted by Gasteiger charge is 2.34. The van der Waals surface area contributed by atoms with E-state index in [9.17, 15) is 9.18 Å². The molecule has 0 saturated carbocycles. The normalized spacial score (nSPS) is 16.5. The summed E-state index contributed by atoms with van der Waals surface area (Å²) in [4.78, 5) is 18.5. The summed E-state index contributed by atoms with van der Waals surface area (Å²) in [6, 6.07) is 11.1. The van der Waals surface area contributed by atoms with Crippen molar-refractivity contribution in [2.45, 2.75) is 12.3 Å². The van der Waals surface area contributed by atoms with Crippen molar-refractivity contribution in [2.75, 3.05) is 25.7 Å². The number of carbonyl (C=O) groups excluding carboxylic acids is 1. The summed E-state index contributed by atoms with van der Waals surface area (Å²) >= 11 is 0. The maximum absolute atomic E-state index is 13.1. The molecule has 0 unspecified atom stereocenters. The Balaban J connectivity index is 1.55. The number of nitrogens with zero attached hydrogens (tertiary/aromatic N) is 3. The zero-order valence-electron chi connectivity index (χ0n) is 15.4. The molecule has 1 fully saturated rings. The molecule has 1 amide bonds. The number of hydrogen-bond acceptors (Lipinski definition) is 6. The fourth-order valence-corrected chi connectivity index (χ4v) is 3.24. The zero-order chi connectivity index (χ0) is 19.7. The first-order valence-corrected chi connectivity index (χ1v) is 8.71. The predicted molar refractivity (Wildman–Crippen MR) is 98.9 cm³/mol. The lowest BCUT2D eigenvalue weighted by Crippen LogP contribution is -2.24. The van der Waals surface area contributed by atoms with Gasteiger partial charge in [-0.3, -0.25) is 4.79 Å². The van der Waals surface area contributed by atoms with E-state index in [0.29, 0.717) is 41.0 Å². The number of rotatable bonds is 5. The summed E-state index contributed by atoms with van der Waals surface area (Å²) in [5, 5.41) is 4.05. The van der Waals surface area contributed by atoms with Gasteiger partial charge in [0.1, 0.15) is 5.82 Å². The minimum atomic E-state index is -0.343. The van der Waals surface area contributed by atoms with E-state index < -0.39 is 0 Å². The average molecular weight is 383 g/mol. The molecule has 4 rings (SSSR count). The van der Waals surface area contributed by atoms with Crippen LogP contribution in [-0.2, 0) is 4.79 Å². The fraction of sp³-hybridized carbons (Fsp3) is 0.250. The van der Waals surface area contributed by atoms with Crippen LogP contribution in [0, 0.1) is 5.82 Å². The van der Waals surface area contributed by atoms with Crippen LogP contribution in [0.15, 0.2) is 47.0 Å². The van der Waals surface area contributed by atoms with Gasteiger partial charge in [0.25, 0.3) is 5.89 Å². The van der Waals surface area contributed by atoms with E-state index in [-0.39, 0.29) is 24.1 Å². The van der Waals surface area contributed by atoms with Crippen molar-refractivity contribution in [3.63, 3.8) is 0 Å². The molecule has 28 heavy (non-hydrogen) atoms. The Labute approximate surface area is 160 Å². The highest BCUT2D eigenvalue weighted by molar-refractivity contribution is 5.96. The quantitative estimate of drug-likeness (QED) is 0.672. The second-order valence-electron chi connectivity index (χ2n) is 6.41. The number of carbonyl (C=O) groups is 1. The summed E-state index contributed by atoms with van der Waals surface area (Å²) in [5.41, 5.74) is 1.34. The van der Waals surface area contributed by atoms with Crippen molar-refractivity contribution in [3.05, 3.63) is 54.1 Å². The SMILES string of the molecule is COc1ccc(-c2nc([C@@H]3CC(=O)N(c4ccc(F)cc4)C3)no2)cc1OC. The second-order valence-corrected chi connectivity index (χ2v) is 6.41. The van der Waals surface area contributed by atoms with Gasteiger partial charge in [0.05, 0.1) is 14.2 Å². The van der Waals surface area contributed by atoms with Gasteiger partial charge in [-0.05, 0) is 42.5 Å². The van der Waals surface area contributed by atoms with Crippen LogP contribution in [0.4, 0.5) is 10.1 Å². The number of amides is 1. The highest BCUT2D eigenvalue weighted by atomic mass is 19.1. The van der Waals surface area contributed by atoms with E-state index in [1.165, 1.54) is 12.1 Å². The van der Waals surface area contributed by atoms with E-state index in [4.69, 9.17) is 14.0 Å². The third kappa shape index (κ3) is 3.28. The van der Waals surface area contributed by atoms with Gasteiger partial charge in [0.15, 0.2) is 17.3 Å². The summed E-state index contributed by atoms with van der Waals surface area (Å²) < 4.78 is 29.0. The molecule has 0 radical (unpaired) electrons. The average Bonchev–Trinajstić information content (AvgIpc) is 3.35. The molecule has 2 aromatic carbocycles. The third-order valence-corrected chi connectivity index (χ3v) is 4.70. The molecule has 2 heterocycles. The van der Waals surface area contributed by atoms with Crippen LogP contribution in [-0.4, -0.2) is 36.8 Å². The Bertz CT molecular complexity index is 1000. The highest BCUT2D eigenvalue weighted by Crippen LogP contribution is 2.34. The molecule has 0 bridgehead atoms. The number of benzene rings is 2. The smallest absolute Gasteiger partial charge is 0.258 e. The van der Waals surface area contributed by atoms with E-state index in [2.05, 4.69) is 10.1 Å². The lowest BCUT2D eigenvalue weighted by atomic mass is 10.1. The summed E-state index contributed by atoms with van der Waals surface area (Å²) in [7, 11) is 3.11. The molecule has 1 aromatic heterocycles. The Morgan fingerprint density at radius 3 is 2.57 bits per heavy atom. The van der Waals surface area contributed by atoms with Crippen LogP contribution in [0.5, 0.6) is 11.5 Å². The van der Waals surface area contributed by atoms with Crippen molar-refractivity contribution in [3.8, 4) is 23.0 Å². The van der Waals surface area contributed by atoms with Gasteiger partial charge >= 0.3 is 0 Å². The number of hydrogen-bond donors (Lipinski definition) is 0. The Morgan fingerprint density at radius 1 is 1.11 bits per heavy atom. The Kier molecular flexibility index (Phi) is 4.68. The molecule has 144 valence electrons. The molecule has 1 atom stereocenters. The van der Waals surface area contributed by atoms with Gasteiger partial charge in [-0.1, -0.05) is 5.16 Å². The lowest BCUT2D eigenvalue weighted by molar-refractivity contribution is -0.117. The van der Waals surface area contributed by atoms with Crippen LogP contribution in [0.2, 0.25) is 0 Å². The molecule has 1 aliphatic rings. The van der Waals surface area contributed by atoms with Crippen LogP contribution in [0.1, 0.15) is 18.2 Å². The predicted octanol–water partition coefficient (Wildman–Crippen LogP) is 3.41. The second kappa shape index (κ2) is 7.30. The molecule has 1 saturated heterocycles. The molecule has 1 aliphatic heterocycles. The third-order valence-electron chi connectivity index (χ3n) is 4.70. The minimum absolute atomic E-state index is 0.0610. The first-order chi connectivity index (χ1) is 13.6. The van der Waals surface area contributed by atoms with E-state index >= 15 is 0 Å². The summed E-state index contributed by atoms with van der Waals surface area (Å²) in [5.74, 6) is 1.35.